The third kappa shape index (κ3) is 2.91. The van der Waals surface area contributed by atoms with Gasteiger partial charge in [-0.2, -0.15) is 0 Å². The quantitative estimate of drug-likeness (QED) is 0.569. The molecule has 0 atom stereocenters. The van der Waals surface area contributed by atoms with Crippen LogP contribution in [0.15, 0.2) is 48.1 Å². The first-order valence-electron chi connectivity index (χ1n) is 9.42. The molecule has 0 radical (unpaired) electrons. The first-order chi connectivity index (χ1) is 12.9. The maximum atomic E-state index is 4.54. The van der Waals surface area contributed by atoms with E-state index in [0.717, 1.165) is 11.6 Å². The second-order valence-corrected chi connectivity index (χ2v) is 8.29. The van der Waals surface area contributed by atoms with Gasteiger partial charge in [0.1, 0.15) is 0 Å². The normalized spacial score (nSPS) is 17.3. The van der Waals surface area contributed by atoms with Crippen LogP contribution in [-0.4, -0.2) is 0 Å². The summed E-state index contributed by atoms with van der Waals surface area (Å²) in [6.07, 6.45) is 11.5. The predicted molar refractivity (Wildman–Crippen MR) is 126 cm³/mol. The summed E-state index contributed by atoms with van der Waals surface area (Å²) in [6, 6.07) is 0. The number of hydrogen-bond donors (Lipinski definition) is 0. The molecule has 3 rings (SSSR count). The van der Waals surface area contributed by atoms with E-state index < -0.39 is 0 Å². The Morgan fingerprint density at radius 3 is 2.22 bits per heavy atom. The molecule has 0 saturated carbocycles. The van der Waals surface area contributed by atoms with E-state index in [1.54, 1.807) is 0 Å². The molecule has 0 spiro atoms. The number of fused-ring (bicyclic) bond motifs is 1. The molecule has 1 aromatic heterocycles. The number of thiophene rings is 1. The average molecular weight is 373 g/mol. The molecular weight excluding hydrogens is 344 g/mol. The van der Waals surface area contributed by atoms with Gasteiger partial charge in [0.05, 0.1) is 0 Å². The number of benzene rings is 1. The van der Waals surface area contributed by atoms with Gasteiger partial charge >= 0.3 is 0 Å². The molecule has 1 heteroatoms. The van der Waals surface area contributed by atoms with Crippen LogP contribution in [0.2, 0.25) is 0 Å². The molecule has 1 aromatic carbocycles. The largest absolute Gasteiger partial charge is 0.135 e. The molecule has 1 aliphatic rings. The number of allylic oxidation sites excluding steroid dienone is 6. The molecule has 0 fully saturated rings. The summed E-state index contributed by atoms with van der Waals surface area (Å²) in [5.74, 6) is 0. The Hall–Kier alpha value is -2.38. The summed E-state index contributed by atoms with van der Waals surface area (Å²) in [4.78, 5) is 1.24. The molecule has 0 nitrogen and oxygen atoms in total. The topological polar surface area (TPSA) is 0 Å². The highest BCUT2D eigenvalue weighted by atomic mass is 32.1. The molecule has 27 heavy (non-hydrogen) atoms. The average Bonchev–Trinajstić information content (AvgIpc) is 3.10. The van der Waals surface area contributed by atoms with Gasteiger partial charge in [-0.05, 0) is 84.9 Å². The van der Waals surface area contributed by atoms with Crippen molar-refractivity contribution in [1.82, 2.24) is 0 Å². The fourth-order valence-corrected chi connectivity index (χ4v) is 5.38. The Kier molecular flexibility index (Phi) is 5.26. The van der Waals surface area contributed by atoms with Gasteiger partial charge < -0.3 is 0 Å². The molecule has 2 aromatic rings. The molecule has 1 heterocycles. The molecule has 0 N–H and O–H groups in total. The monoisotopic (exact) mass is 372 g/mol. The third-order valence-electron chi connectivity index (χ3n) is 5.47. The van der Waals surface area contributed by atoms with Gasteiger partial charge in [-0.1, -0.05) is 55.7 Å². The number of aryl methyl sites for hydroxylation is 2. The van der Waals surface area contributed by atoms with Gasteiger partial charge in [0.15, 0.2) is 0 Å². The van der Waals surface area contributed by atoms with Crippen LogP contribution in [0.4, 0.5) is 0 Å². The summed E-state index contributed by atoms with van der Waals surface area (Å²) in [5.41, 5.74) is 8.96. The van der Waals surface area contributed by atoms with Gasteiger partial charge in [-0.3, -0.25) is 0 Å². The number of hydrogen-bond acceptors (Lipinski definition) is 1. The van der Waals surface area contributed by atoms with E-state index in [1.807, 2.05) is 17.4 Å². The van der Waals surface area contributed by atoms with Crippen molar-refractivity contribution < 1.29 is 0 Å². The van der Waals surface area contributed by atoms with Crippen LogP contribution in [-0.2, 0) is 0 Å². The van der Waals surface area contributed by atoms with Gasteiger partial charge in [0.2, 0.25) is 0 Å². The maximum Gasteiger partial charge on any atom is 0.0393 e. The van der Waals surface area contributed by atoms with Gasteiger partial charge in [0, 0.05) is 15.0 Å². The Morgan fingerprint density at radius 1 is 0.963 bits per heavy atom. The lowest BCUT2D eigenvalue weighted by Gasteiger charge is -2.11. The highest BCUT2D eigenvalue weighted by Gasteiger charge is 2.23. The van der Waals surface area contributed by atoms with Gasteiger partial charge in [-0.25, -0.2) is 0 Å². The molecule has 138 valence electrons. The van der Waals surface area contributed by atoms with Crippen LogP contribution in [0.3, 0.4) is 0 Å². The molecule has 0 amide bonds. The summed E-state index contributed by atoms with van der Waals surface area (Å²) in [5, 5.41) is 3.67. The van der Waals surface area contributed by atoms with E-state index in [9.17, 15) is 0 Å². The second kappa shape index (κ2) is 7.32. The van der Waals surface area contributed by atoms with E-state index in [4.69, 9.17) is 0 Å². The van der Waals surface area contributed by atoms with E-state index in [-0.39, 0.29) is 0 Å². The highest BCUT2D eigenvalue weighted by molar-refractivity contribution is 7.20. The van der Waals surface area contributed by atoms with Crippen LogP contribution < -0.4 is 10.4 Å². The fourth-order valence-electron chi connectivity index (χ4n) is 4.20. The third-order valence-corrected chi connectivity index (χ3v) is 6.88. The Labute approximate surface area is 166 Å². The van der Waals surface area contributed by atoms with Crippen molar-refractivity contribution >= 4 is 45.7 Å². The standard InChI is InChI=1S/C26H28S/c1-9-12-20-15(4)14-16(5)23(20)24-17(6)21(13-10-2)18(7)26-25(24)19(8)22(11-3)27-26/h9-13H,3,5-6,14H2,1-2,4,7-8H3/b12-9-,13-10-,24-23-. The van der Waals surface area contributed by atoms with Crippen LogP contribution in [0.5, 0.6) is 0 Å². The minimum Gasteiger partial charge on any atom is -0.135 e. The summed E-state index contributed by atoms with van der Waals surface area (Å²) in [7, 11) is 0. The van der Waals surface area contributed by atoms with Crippen molar-refractivity contribution in [3.63, 3.8) is 0 Å². The van der Waals surface area contributed by atoms with E-state index in [1.165, 1.54) is 59.2 Å². The van der Waals surface area contributed by atoms with Crippen LogP contribution in [0, 0.1) is 13.8 Å². The van der Waals surface area contributed by atoms with Crippen molar-refractivity contribution in [3.8, 4) is 0 Å². The fraction of sp³-hybridized carbons (Fsp3) is 0.231. The van der Waals surface area contributed by atoms with Crippen LogP contribution >= 0.6 is 11.3 Å². The summed E-state index contributed by atoms with van der Waals surface area (Å²) < 4.78 is 1.34. The summed E-state index contributed by atoms with van der Waals surface area (Å²) >= 11 is 1.83. The van der Waals surface area contributed by atoms with Crippen molar-refractivity contribution in [2.24, 2.45) is 0 Å². The Balaban J connectivity index is 2.73. The van der Waals surface area contributed by atoms with E-state index in [2.05, 4.69) is 78.7 Å². The SMILES string of the molecule is C=Cc1sc2c(C)c(/C=C\C)c(=C)/c(=C3\C(=C)CC(C)=C3/C=C\C)c2c1C. The lowest BCUT2D eigenvalue weighted by atomic mass is 9.92. The Morgan fingerprint density at radius 2 is 1.63 bits per heavy atom. The van der Waals surface area contributed by atoms with Gasteiger partial charge in [-0.15, -0.1) is 11.3 Å². The lowest BCUT2D eigenvalue weighted by Crippen LogP contribution is -2.30. The summed E-state index contributed by atoms with van der Waals surface area (Å²) in [6.45, 7) is 23.8. The lowest BCUT2D eigenvalue weighted by molar-refractivity contribution is 1.21. The van der Waals surface area contributed by atoms with Crippen molar-refractivity contribution in [3.05, 3.63) is 80.1 Å². The van der Waals surface area contributed by atoms with Crippen LogP contribution in [0.1, 0.15) is 48.8 Å². The zero-order valence-corrected chi connectivity index (χ0v) is 17.9. The predicted octanol–water partition coefficient (Wildman–Crippen LogP) is 6.61. The molecule has 0 aliphatic heterocycles. The zero-order chi connectivity index (χ0) is 19.9. The van der Waals surface area contributed by atoms with Crippen molar-refractivity contribution in [1.29, 1.82) is 0 Å². The minimum atomic E-state index is 0.931. The first kappa shape index (κ1) is 19.4. The zero-order valence-electron chi connectivity index (χ0n) is 17.1. The van der Waals surface area contributed by atoms with Crippen molar-refractivity contribution in [2.75, 3.05) is 0 Å². The molecule has 0 unspecified atom stereocenters. The second-order valence-electron chi connectivity index (χ2n) is 7.24. The number of rotatable bonds is 3. The van der Waals surface area contributed by atoms with E-state index >= 15 is 0 Å². The van der Waals surface area contributed by atoms with Crippen molar-refractivity contribution in [2.45, 2.75) is 41.0 Å². The highest BCUT2D eigenvalue weighted by Crippen LogP contribution is 2.38. The first-order valence-corrected chi connectivity index (χ1v) is 10.2. The Bertz CT molecular complexity index is 1170. The maximum absolute atomic E-state index is 4.54. The molecule has 1 aliphatic carbocycles. The molecule has 0 bridgehead atoms. The van der Waals surface area contributed by atoms with Crippen LogP contribution in [0.25, 0.3) is 34.4 Å². The molecule has 0 saturated heterocycles. The van der Waals surface area contributed by atoms with Gasteiger partial charge in [0.25, 0.3) is 0 Å². The smallest absolute Gasteiger partial charge is 0.0393 e. The van der Waals surface area contributed by atoms with E-state index in [0.29, 0.717) is 0 Å². The minimum absolute atomic E-state index is 0.931. The molecular formula is C26H28S.